The van der Waals surface area contributed by atoms with Crippen LogP contribution in [-0.4, -0.2) is 5.34 Å². The number of hydrogen-bond donors (Lipinski definition) is 2. The summed E-state index contributed by atoms with van der Waals surface area (Å²) in [4.78, 5) is 0. The number of nitrogens with one attached hydrogen (secondary N) is 2. The molecular formula is C25H22Cl2I2N2. The SMILES string of the molecule is ClCCl.Ic1ccc(Nc2ccc(I)cc2)cc1.c1ccc(Nc2ccccc2)cc1. The van der Waals surface area contributed by atoms with E-state index in [1.54, 1.807) is 0 Å². The zero-order chi connectivity index (χ0) is 22.3. The van der Waals surface area contributed by atoms with Gasteiger partial charge in [0.2, 0.25) is 0 Å². The molecule has 0 saturated carbocycles. The smallest absolute Gasteiger partial charge is 0.0967 e. The van der Waals surface area contributed by atoms with Crippen LogP contribution >= 0.6 is 68.4 Å². The average Bonchev–Trinajstić information content (AvgIpc) is 2.79. The van der Waals surface area contributed by atoms with Crippen molar-refractivity contribution < 1.29 is 0 Å². The number of anilines is 4. The van der Waals surface area contributed by atoms with Gasteiger partial charge in [0.1, 0.15) is 0 Å². The molecule has 0 aliphatic carbocycles. The summed E-state index contributed by atoms with van der Waals surface area (Å²) in [5, 5.41) is 6.85. The highest BCUT2D eigenvalue weighted by molar-refractivity contribution is 14.1. The lowest BCUT2D eigenvalue weighted by Crippen LogP contribution is -1.89. The molecule has 4 rings (SSSR count). The maximum absolute atomic E-state index is 4.76. The molecule has 2 nitrogen and oxygen atoms in total. The van der Waals surface area contributed by atoms with Gasteiger partial charge in [0.25, 0.3) is 0 Å². The highest BCUT2D eigenvalue weighted by atomic mass is 127. The first-order valence-corrected chi connectivity index (χ1v) is 12.6. The second-order valence-corrected chi connectivity index (χ2v) is 9.40. The van der Waals surface area contributed by atoms with Crippen LogP contribution in [0.3, 0.4) is 0 Å². The monoisotopic (exact) mass is 674 g/mol. The minimum atomic E-state index is 0.194. The molecule has 0 aromatic heterocycles. The van der Waals surface area contributed by atoms with Gasteiger partial charge in [-0.05, 0) is 118 Å². The molecule has 4 aromatic rings. The van der Waals surface area contributed by atoms with Gasteiger partial charge in [-0.2, -0.15) is 0 Å². The third kappa shape index (κ3) is 11.1. The van der Waals surface area contributed by atoms with Crippen molar-refractivity contribution in [3.63, 3.8) is 0 Å². The van der Waals surface area contributed by atoms with Gasteiger partial charge in [-0.1, -0.05) is 36.4 Å². The predicted octanol–water partition coefficient (Wildman–Crippen LogP) is 9.49. The molecule has 4 aromatic carbocycles. The van der Waals surface area contributed by atoms with E-state index < -0.39 is 0 Å². The summed E-state index contributed by atoms with van der Waals surface area (Å²) >= 11 is 14.1. The fraction of sp³-hybridized carbons (Fsp3) is 0.0400. The Hall–Kier alpha value is -1.48. The summed E-state index contributed by atoms with van der Waals surface area (Å²) in [7, 11) is 0. The van der Waals surface area contributed by atoms with Crippen molar-refractivity contribution in [1.29, 1.82) is 0 Å². The third-order valence-electron chi connectivity index (χ3n) is 3.81. The van der Waals surface area contributed by atoms with Gasteiger partial charge < -0.3 is 10.6 Å². The van der Waals surface area contributed by atoms with E-state index in [4.69, 9.17) is 23.2 Å². The summed E-state index contributed by atoms with van der Waals surface area (Å²) in [5.74, 6) is 0. The van der Waals surface area contributed by atoms with Gasteiger partial charge in [0.05, 0.1) is 5.34 Å². The molecule has 0 heterocycles. The van der Waals surface area contributed by atoms with Crippen LogP contribution in [0, 0.1) is 7.14 Å². The Labute approximate surface area is 221 Å². The van der Waals surface area contributed by atoms with Crippen molar-refractivity contribution in [2.24, 2.45) is 0 Å². The van der Waals surface area contributed by atoms with Crippen molar-refractivity contribution in [3.05, 3.63) is 116 Å². The van der Waals surface area contributed by atoms with Crippen LogP contribution in [-0.2, 0) is 0 Å². The molecule has 0 aliphatic rings. The van der Waals surface area contributed by atoms with Crippen molar-refractivity contribution in [2.45, 2.75) is 0 Å². The maximum atomic E-state index is 4.76. The molecule has 0 aliphatic heterocycles. The Kier molecular flexibility index (Phi) is 12.8. The van der Waals surface area contributed by atoms with Gasteiger partial charge in [0, 0.05) is 29.9 Å². The van der Waals surface area contributed by atoms with Crippen molar-refractivity contribution >= 4 is 91.1 Å². The molecule has 160 valence electrons. The Morgan fingerprint density at radius 2 is 0.710 bits per heavy atom. The maximum Gasteiger partial charge on any atom is 0.0967 e. The Morgan fingerprint density at radius 1 is 0.452 bits per heavy atom. The molecule has 0 atom stereocenters. The Balaban J connectivity index is 0.000000197. The van der Waals surface area contributed by atoms with Crippen LogP contribution in [0.25, 0.3) is 0 Å². The van der Waals surface area contributed by atoms with Crippen LogP contribution in [0.5, 0.6) is 0 Å². The van der Waals surface area contributed by atoms with Crippen LogP contribution in [0.15, 0.2) is 109 Å². The molecule has 6 heteroatoms. The second-order valence-electron chi connectivity index (χ2n) is 6.10. The largest absolute Gasteiger partial charge is 0.356 e. The molecule has 0 saturated heterocycles. The number of benzene rings is 4. The van der Waals surface area contributed by atoms with Crippen LogP contribution in [0.1, 0.15) is 0 Å². The van der Waals surface area contributed by atoms with E-state index in [1.165, 1.54) is 7.14 Å². The highest BCUT2D eigenvalue weighted by Crippen LogP contribution is 2.18. The Morgan fingerprint density at radius 3 is 1.00 bits per heavy atom. The van der Waals surface area contributed by atoms with Gasteiger partial charge in [0.15, 0.2) is 0 Å². The second kappa shape index (κ2) is 15.3. The number of halogens is 4. The van der Waals surface area contributed by atoms with E-state index in [2.05, 4.69) is 104 Å². The highest BCUT2D eigenvalue weighted by Gasteiger charge is 1.94. The molecular weight excluding hydrogens is 653 g/mol. The predicted molar refractivity (Wildman–Crippen MR) is 154 cm³/mol. The zero-order valence-electron chi connectivity index (χ0n) is 16.6. The quantitative estimate of drug-likeness (QED) is 0.167. The fourth-order valence-electron chi connectivity index (χ4n) is 2.44. The molecule has 0 fully saturated rings. The van der Waals surface area contributed by atoms with Crippen molar-refractivity contribution in [3.8, 4) is 0 Å². The molecule has 0 unspecified atom stereocenters. The minimum absolute atomic E-state index is 0.194. The topological polar surface area (TPSA) is 24.1 Å². The fourth-order valence-corrected chi connectivity index (χ4v) is 3.16. The molecule has 0 amide bonds. The normalized spacial score (nSPS) is 9.42. The molecule has 0 bridgehead atoms. The first-order valence-electron chi connectivity index (χ1n) is 9.38. The first-order chi connectivity index (χ1) is 15.1. The molecule has 2 N–H and O–H groups in total. The number of alkyl halides is 2. The number of rotatable bonds is 4. The van der Waals surface area contributed by atoms with E-state index in [1.807, 2.05) is 60.7 Å². The summed E-state index contributed by atoms with van der Waals surface area (Å²) in [6.07, 6.45) is 0. The summed E-state index contributed by atoms with van der Waals surface area (Å²) < 4.78 is 2.50. The van der Waals surface area contributed by atoms with Crippen LogP contribution in [0.4, 0.5) is 22.7 Å². The van der Waals surface area contributed by atoms with E-state index in [9.17, 15) is 0 Å². The number of hydrogen-bond acceptors (Lipinski definition) is 2. The summed E-state index contributed by atoms with van der Waals surface area (Å²) in [6, 6.07) is 37.0. The van der Waals surface area contributed by atoms with Gasteiger partial charge in [-0.3, -0.25) is 0 Å². The van der Waals surface area contributed by atoms with Crippen molar-refractivity contribution in [1.82, 2.24) is 0 Å². The van der Waals surface area contributed by atoms with E-state index >= 15 is 0 Å². The van der Waals surface area contributed by atoms with E-state index in [-0.39, 0.29) is 5.34 Å². The Bertz CT molecular complexity index is 900. The lowest BCUT2D eigenvalue weighted by Gasteiger charge is -2.06. The third-order valence-corrected chi connectivity index (χ3v) is 5.25. The van der Waals surface area contributed by atoms with Gasteiger partial charge in [-0.25, -0.2) is 0 Å². The minimum Gasteiger partial charge on any atom is -0.356 e. The van der Waals surface area contributed by atoms with E-state index in [0.717, 1.165) is 22.7 Å². The first kappa shape index (κ1) is 25.8. The average molecular weight is 675 g/mol. The molecule has 0 spiro atoms. The number of para-hydroxylation sites is 2. The molecule has 0 radical (unpaired) electrons. The van der Waals surface area contributed by atoms with Crippen molar-refractivity contribution in [2.75, 3.05) is 16.0 Å². The summed E-state index contributed by atoms with van der Waals surface area (Å²) in [5.41, 5.74) is 4.48. The van der Waals surface area contributed by atoms with E-state index in [0.29, 0.717) is 0 Å². The van der Waals surface area contributed by atoms with Gasteiger partial charge >= 0.3 is 0 Å². The van der Waals surface area contributed by atoms with Crippen LogP contribution < -0.4 is 10.6 Å². The lowest BCUT2D eigenvalue weighted by molar-refractivity contribution is 1.52. The standard InChI is InChI=1S/C12H9I2N.C12H11N.CH2Cl2/c13-9-1-5-11(6-2-9)15-12-7-3-10(14)4-8-12;1-3-7-11(8-4-1)13-12-9-5-2-6-10-12;2-1-3/h1-8,15H;1-10,13H;1H2. The van der Waals surface area contributed by atoms with Gasteiger partial charge in [-0.15, -0.1) is 23.2 Å². The lowest BCUT2D eigenvalue weighted by atomic mass is 10.3. The zero-order valence-corrected chi connectivity index (χ0v) is 22.4. The molecule has 31 heavy (non-hydrogen) atoms. The van der Waals surface area contributed by atoms with Crippen LogP contribution in [0.2, 0.25) is 0 Å². The summed E-state index contributed by atoms with van der Waals surface area (Å²) in [6.45, 7) is 0.